The van der Waals surface area contributed by atoms with Crippen LogP contribution in [0.25, 0.3) is 11.3 Å². The summed E-state index contributed by atoms with van der Waals surface area (Å²) in [5.74, 6) is 0.185. The third-order valence-electron chi connectivity index (χ3n) is 6.40. The molecule has 0 bridgehead atoms. The van der Waals surface area contributed by atoms with Gasteiger partial charge >= 0.3 is 0 Å². The standard InChI is InChI=1S/C25H28FN5O2/c1-15-18(26)6-4-7-19(15)30-24-22-20(9-12-29-25(22)32)31-23(24)17-8-11-27-13-21(17)33-14-16-5-2-3-10-28-16/h4,6-8,11,13,16,28,30-31H,2-3,5,9-10,12,14H2,1H3,(H,29,32). The molecule has 0 saturated carbocycles. The number of amides is 1. The highest BCUT2D eigenvalue weighted by Gasteiger charge is 2.28. The van der Waals surface area contributed by atoms with Gasteiger partial charge in [0.25, 0.3) is 5.91 Å². The van der Waals surface area contributed by atoms with Crippen LogP contribution in [0.1, 0.15) is 40.9 Å². The zero-order chi connectivity index (χ0) is 22.8. The predicted molar refractivity (Wildman–Crippen MR) is 126 cm³/mol. The molecule has 1 atom stereocenters. The molecule has 7 nitrogen and oxygen atoms in total. The summed E-state index contributed by atoms with van der Waals surface area (Å²) in [7, 11) is 0. The summed E-state index contributed by atoms with van der Waals surface area (Å²) in [6.07, 6.45) is 7.57. The Balaban J connectivity index is 1.54. The van der Waals surface area contributed by atoms with E-state index in [1.165, 1.54) is 18.9 Å². The molecule has 3 aromatic rings. The maximum Gasteiger partial charge on any atom is 0.255 e. The number of halogens is 1. The number of pyridine rings is 1. The van der Waals surface area contributed by atoms with Crippen LogP contribution in [0, 0.1) is 12.7 Å². The van der Waals surface area contributed by atoms with Crippen LogP contribution in [-0.2, 0) is 6.42 Å². The molecule has 1 fully saturated rings. The first kappa shape index (κ1) is 21.5. The van der Waals surface area contributed by atoms with Crippen LogP contribution < -0.4 is 20.7 Å². The van der Waals surface area contributed by atoms with E-state index in [9.17, 15) is 9.18 Å². The van der Waals surface area contributed by atoms with Crippen LogP contribution in [0.4, 0.5) is 15.8 Å². The third-order valence-corrected chi connectivity index (χ3v) is 6.40. The number of anilines is 2. The van der Waals surface area contributed by atoms with E-state index < -0.39 is 0 Å². The molecule has 0 aliphatic carbocycles. The van der Waals surface area contributed by atoms with Crippen LogP contribution in [-0.4, -0.2) is 41.6 Å². The van der Waals surface area contributed by atoms with E-state index in [2.05, 4.69) is 25.9 Å². The Morgan fingerprint density at radius 2 is 2.15 bits per heavy atom. The normalized spacial score (nSPS) is 17.9. The van der Waals surface area contributed by atoms with Crippen LogP contribution in [0.3, 0.4) is 0 Å². The maximum absolute atomic E-state index is 14.2. The number of H-pyrrole nitrogens is 1. The molecule has 2 aromatic heterocycles. The number of ether oxygens (including phenoxy) is 1. The minimum Gasteiger partial charge on any atom is -0.490 e. The van der Waals surface area contributed by atoms with Crippen molar-refractivity contribution in [1.29, 1.82) is 0 Å². The number of hydrogen-bond donors (Lipinski definition) is 4. The van der Waals surface area contributed by atoms with Crippen molar-refractivity contribution >= 4 is 17.3 Å². The summed E-state index contributed by atoms with van der Waals surface area (Å²) in [4.78, 5) is 20.5. The Hall–Kier alpha value is -3.39. The number of hydrogen-bond acceptors (Lipinski definition) is 5. The van der Waals surface area contributed by atoms with E-state index in [1.807, 2.05) is 6.07 Å². The van der Waals surface area contributed by atoms with E-state index in [0.717, 1.165) is 29.9 Å². The molecule has 8 heteroatoms. The highest BCUT2D eigenvalue weighted by Crippen LogP contribution is 2.40. The van der Waals surface area contributed by atoms with E-state index in [0.29, 0.717) is 53.9 Å². The lowest BCUT2D eigenvalue weighted by Gasteiger charge is -2.24. The number of aromatic nitrogens is 2. The van der Waals surface area contributed by atoms with Gasteiger partial charge in [-0.15, -0.1) is 0 Å². The zero-order valence-corrected chi connectivity index (χ0v) is 18.6. The summed E-state index contributed by atoms with van der Waals surface area (Å²) < 4.78 is 20.4. The first-order chi connectivity index (χ1) is 16.1. The molecule has 2 aliphatic heterocycles. The minimum atomic E-state index is -0.302. The highest BCUT2D eigenvalue weighted by atomic mass is 19.1. The molecule has 4 N–H and O–H groups in total. The van der Waals surface area contributed by atoms with Gasteiger partial charge in [0.15, 0.2) is 0 Å². The monoisotopic (exact) mass is 449 g/mol. The number of nitrogens with zero attached hydrogens (tertiary/aromatic N) is 1. The second-order valence-electron chi connectivity index (χ2n) is 8.60. The van der Waals surface area contributed by atoms with E-state index in [1.54, 1.807) is 31.5 Å². The van der Waals surface area contributed by atoms with Crippen LogP contribution >= 0.6 is 0 Å². The molecule has 33 heavy (non-hydrogen) atoms. The van der Waals surface area contributed by atoms with Crippen molar-refractivity contribution in [2.24, 2.45) is 0 Å². The molecule has 1 amide bonds. The average molecular weight is 450 g/mol. The van der Waals surface area contributed by atoms with Crippen LogP contribution in [0.2, 0.25) is 0 Å². The largest absolute Gasteiger partial charge is 0.490 e. The van der Waals surface area contributed by atoms with Crippen molar-refractivity contribution in [2.45, 2.75) is 38.6 Å². The Morgan fingerprint density at radius 1 is 1.24 bits per heavy atom. The van der Waals surface area contributed by atoms with Crippen LogP contribution in [0.5, 0.6) is 5.75 Å². The number of aromatic amines is 1. The van der Waals surface area contributed by atoms with Gasteiger partial charge in [0, 0.05) is 47.7 Å². The molecule has 172 valence electrons. The highest BCUT2D eigenvalue weighted by molar-refractivity contribution is 6.06. The number of fused-ring (bicyclic) bond motifs is 1. The first-order valence-electron chi connectivity index (χ1n) is 11.5. The smallest absolute Gasteiger partial charge is 0.255 e. The fourth-order valence-electron chi connectivity index (χ4n) is 4.54. The molecule has 1 aromatic carbocycles. The summed E-state index contributed by atoms with van der Waals surface area (Å²) >= 11 is 0. The van der Waals surface area contributed by atoms with Gasteiger partial charge in [-0.25, -0.2) is 4.39 Å². The van der Waals surface area contributed by atoms with Crippen molar-refractivity contribution in [3.8, 4) is 17.0 Å². The zero-order valence-electron chi connectivity index (χ0n) is 18.6. The third kappa shape index (κ3) is 4.30. The van der Waals surface area contributed by atoms with Gasteiger partial charge in [-0.2, -0.15) is 0 Å². The molecule has 0 spiro atoms. The second kappa shape index (κ2) is 9.23. The van der Waals surface area contributed by atoms with Gasteiger partial charge in [-0.05, 0) is 44.5 Å². The summed E-state index contributed by atoms with van der Waals surface area (Å²) in [5, 5.41) is 9.74. The molecular weight excluding hydrogens is 421 g/mol. The lowest BCUT2D eigenvalue weighted by atomic mass is 10.0. The number of carbonyl (C=O) groups excluding carboxylic acids is 1. The average Bonchev–Trinajstić information content (AvgIpc) is 3.21. The van der Waals surface area contributed by atoms with Gasteiger partial charge < -0.3 is 25.7 Å². The summed E-state index contributed by atoms with van der Waals surface area (Å²) in [6, 6.07) is 7.07. The molecule has 1 unspecified atom stereocenters. The number of carbonyl (C=O) groups is 1. The molecule has 2 aliphatic rings. The SMILES string of the molecule is Cc1c(F)cccc1Nc1c(-c2ccncc2OCC2CCCCN2)[nH]c2c1C(=O)NCC2. The Labute approximate surface area is 192 Å². The fraction of sp³-hybridized carbons (Fsp3) is 0.360. The van der Waals surface area contributed by atoms with Crippen molar-refractivity contribution in [2.75, 3.05) is 25.0 Å². The molecule has 0 radical (unpaired) electrons. The van der Waals surface area contributed by atoms with Gasteiger partial charge in [-0.3, -0.25) is 9.78 Å². The second-order valence-corrected chi connectivity index (χ2v) is 8.60. The van der Waals surface area contributed by atoms with E-state index in [-0.39, 0.29) is 11.7 Å². The van der Waals surface area contributed by atoms with E-state index in [4.69, 9.17) is 4.74 Å². The summed E-state index contributed by atoms with van der Waals surface area (Å²) in [5.41, 5.74) is 4.65. The van der Waals surface area contributed by atoms with Crippen molar-refractivity contribution in [1.82, 2.24) is 20.6 Å². The van der Waals surface area contributed by atoms with Crippen molar-refractivity contribution in [3.05, 3.63) is 59.3 Å². The van der Waals surface area contributed by atoms with Gasteiger partial charge in [0.2, 0.25) is 0 Å². The van der Waals surface area contributed by atoms with Crippen molar-refractivity contribution in [3.63, 3.8) is 0 Å². The van der Waals surface area contributed by atoms with Gasteiger partial charge in [0.1, 0.15) is 18.2 Å². The maximum atomic E-state index is 14.2. The molecular formula is C25H28FN5O2. The lowest BCUT2D eigenvalue weighted by Crippen LogP contribution is -2.38. The summed E-state index contributed by atoms with van der Waals surface area (Å²) in [6.45, 7) is 3.84. The van der Waals surface area contributed by atoms with E-state index >= 15 is 0 Å². The first-order valence-corrected chi connectivity index (χ1v) is 11.5. The number of nitrogens with one attached hydrogen (secondary N) is 4. The molecule has 4 heterocycles. The Bertz CT molecular complexity index is 1170. The molecule has 5 rings (SSSR count). The number of piperidine rings is 1. The van der Waals surface area contributed by atoms with Crippen molar-refractivity contribution < 1.29 is 13.9 Å². The Kier molecular flexibility index (Phi) is 6.00. The quantitative estimate of drug-likeness (QED) is 0.455. The predicted octanol–water partition coefficient (Wildman–Crippen LogP) is 4.07. The molecule has 1 saturated heterocycles. The number of rotatable bonds is 6. The van der Waals surface area contributed by atoms with Gasteiger partial charge in [-0.1, -0.05) is 12.5 Å². The number of benzene rings is 1. The fourth-order valence-corrected chi connectivity index (χ4v) is 4.54. The minimum absolute atomic E-state index is 0.154. The Morgan fingerprint density at radius 3 is 3.00 bits per heavy atom. The topological polar surface area (TPSA) is 91.1 Å². The lowest BCUT2D eigenvalue weighted by molar-refractivity contribution is 0.0947. The van der Waals surface area contributed by atoms with Crippen LogP contribution in [0.15, 0.2) is 36.7 Å². The van der Waals surface area contributed by atoms with Gasteiger partial charge in [0.05, 0.1) is 23.1 Å².